The summed E-state index contributed by atoms with van der Waals surface area (Å²) in [6.07, 6.45) is 1.77. The van der Waals surface area contributed by atoms with E-state index in [2.05, 4.69) is 16.4 Å². The third kappa shape index (κ3) is 3.64. The van der Waals surface area contributed by atoms with E-state index in [1.165, 1.54) is 6.07 Å². The van der Waals surface area contributed by atoms with Gasteiger partial charge in [-0.3, -0.25) is 4.98 Å². The zero-order chi connectivity index (χ0) is 23.1. The first-order valence-corrected chi connectivity index (χ1v) is 11.1. The molecule has 0 radical (unpaired) electrons. The van der Waals surface area contributed by atoms with E-state index >= 15 is 0 Å². The van der Waals surface area contributed by atoms with Crippen LogP contribution in [0.1, 0.15) is 34.7 Å². The Bertz CT molecular complexity index is 1320. The van der Waals surface area contributed by atoms with Gasteiger partial charge in [-0.15, -0.1) is 0 Å². The van der Waals surface area contributed by atoms with Gasteiger partial charge in [0.15, 0.2) is 5.11 Å². The average Bonchev–Trinajstić information content (AvgIpc) is 3.31. The lowest BCUT2D eigenvalue weighted by Gasteiger charge is -2.28. The van der Waals surface area contributed by atoms with Crippen LogP contribution in [0.5, 0.6) is 5.75 Å². The molecule has 1 aliphatic rings. The maximum Gasteiger partial charge on any atom is 0.174 e. The Morgan fingerprint density at radius 3 is 2.42 bits per heavy atom. The van der Waals surface area contributed by atoms with Crippen molar-refractivity contribution in [3.63, 3.8) is 0 Å². The molecule has 166 valence electrons. The second-order valence-corrected chi connectivity index (χ2v) is 8.51. The van der Waals surface area contributed by atoms with E-state index < -0.39 is 0 Å². The lowest BCUT2D eigenvalue weighted by Crippen LogP contribution is -2.29. The van der Waals surface area contributed by atoms with E-state index in [-0.39, 0.29) is 23.7 Å². The average molecular weight is 459 g/mol. The van der Waals surface area contributed by atoms with Gasteiger partial charge in [-0.25, -0.2) is 4.39 Å². The number of thiocarbonyl (C=S) groups is 1. The molecule has 5 nitrogen and oxygen atoms in total. The largest absolute Gasteiger partial charge is 0.508 e. The molecule has 5 rings (SSSR count). The molecule has 1 saturated heterocycles. The van der Waals surface area contributed by atoms with Crippen LogP contribution in [-0.2, 0) is 0 Å². The Morgan fingerprint density at radius 1 is 1.00 bits per heavy atom. The minimum Gasteiger partial charge on any atom is -0.508 e. The summed E-state index contributed by atoms with van der Waals surface area (Å²) in [6, 6.07) is 21.2. The number of nitrogens with zero attached hydrogens (tertiary/aromatic N) is 3. The first-order valence-electron chi connectivity index (χ1n) is 10.7. The monoisotopic (exact) mass is 458 g/mol. The Kier molecular flexibility index (Phi) is 5.34. The van der Waals surface area contributed by atoms with E-state index in [1.807, 2.05) is 59.7 Å². The number of pyridine rings is 1. The van der Waals surface area contributed by atoms with Crippen molar-refractivity contribution in [1.29, 1.82) is 0 Å². The van der Waals surface area contributed by atoms with Crippen molar-refractivity contribution in [2.45, 2.75) is 25.9 Å². The molecular formula is C26H23FN4OS. The fraction of sp³-hybridized carbons (Fsp3) is 0.154. The lowest BCUT2D eigenvalue weighted by atomic mass is 9.96. The number of aryl methyl sites for hydroxylation is 1. The van der Waals surface area contributed by atoms with Crippen molar-refractivity contribution in [2.24, 2.45) is 0 Å². The number of phenolic OH excluding ortho intramolecular Hbond substituents is 1. The Morgan fingerprint density at radius 2 is 1.73 bits per heavy atom. The molecule has 2 aromatic heterocycles. The number of nitrogens with one attached hydrogen (secondary N) is 1. The number of aromatic hydroxyl groups is 1. The number of benzene rings is 2. The third-order valence-corrected chi connectivity index (χ3v) is 6.42. The van der Waals surface area contributed by atoms with E-state index in [4.69, 9.17) is 12.2 Å². The predicted molar refractivity (Wildman–Crippen MR) is 131 cm³/mol. The number of halogens is 1. The zero-order valence-corrected chi connectivity index (χ0v) is 19.1. The highest BCUT2D eigenvalue weighted by Crippen LogP contribution is 2.44. The van der Waals surface area contributed by atoms with Gasteiger partial charge in [0, 0.05) is 23.3 Å². The molecule has 2 unspecified atom stereocenters. The van der Waals surface area contributed by atoms with Crippen molar-refractivity contribution >= 4 is 23.0 Å². The highest BCUT2D eigenvalue weighted by atomic mass is 32.1. The Balaban J connectivity index is 1.69. The molecule has 0 spiro atoms. The van der Waals surface area contributed by atoms with Gasteiger partial charge < -0.3 is 19.9 Å². The van der Waals surface area contributed by atoms with Crippen molar-refractivity contribution in [3.05, 3.63) is 107 Å². The quantitative estimate of drug-likeness (QED) is 0.395. The summed E-state index contributed by atoms with van der Waals surface area (Å²) in [5.41, 5.74) is 5.10. The molecule has 2 atom stereocenters. The number of aromatic nitrogens is 2. The lowest BCUT2D eigenvalue weighted by molar-refractivity contribution is 0.475. The molecule has 2 N–H and O–H groups in total. The van der Waals surface area contributed by atoms with Gasteiger partial charge in [0.25, 0.3) is 0 Å². The van der Waals surface area contributed by atoms with Gasteiger partial charge >= 0.3 is 0 Å². The van der Waals surface area contributed by atoms with Crippen LogP contribution in [0.3, 0.4) is 0 Å². The summed E-state index contributed by atoms with van der Waals surface area (Å²) < 4.78 is 16.6. The Hall–Kier alpha value is -3.71. The van der Waals surface area contributed by atoms with E-state index in [9.17, 15) is 9.50 Å². The SMILES string of the molecule is Cc1cc(C2C(c3ccccn3)NC(=S)N2c2ccc(O)cc2)c(C)n1-c1ccccc1F. The van der Waals surface area contributed by atoms with Crippen LogP contribution >= 0.6 is 12.2 Å². The highest BCUT2D eigenvalue weighted by Gasteiger charge is 2.42. The van der Waals surface area contributed by atoms with Crippen LogP contribution in [-0.4, -0.2) is 19.8 Å². The molecule has 0 aliphatic carbocycles. The number of para-hydroxylation sites is 1. The number of phenols is 1. The number of hydrogen-bond acceptors (Lipinski definition) is 3. The van der Waals surface area contributed by atoms with Crippen LogP contribution in [0.15, 0.2) is 79.0 Å². The Labute approximate surface area is 197 Å². The van der Waals surface area contributed by atoms with Crippen LogP contribution in [0, 0.1) is 19.7 Å². The second kappa shape index (κ2) is 8.33. The topological polar surface area (TPSA) is 53.3 Å². The predicted octanol–water partition coefficient (Wildman–Crippen LogP) is 5.51. The smallest absolute Gasteiger partial charge is 0.174 e. The molecule has 2 aromatic carbocycles. The summed E-state index contributed by atoms with van der Waals surface area (Å²) >= 11 is 5.76. The first kappa shape index (κ1) is 21.2. The molecule has 0 amide bonds. The van der Waals surface area contributed by atoms with Gasteiger partial charge in [0.1, 0.15) is 11.6 Å². The fourth-order valence-corrected chi connectivity index (χ4v) is 5.00. The molecular weight excluding hydrogens is 435 g/mol. The van der Waals surface area contributed by atoms with Crippen LogP contribution in [0.2, 0.25) is 0 Å². The normalized spacial score (nSPS) is 17.9. The van der Waals surface area contributed by atoms with E-state index in [1.54, 1.807) is 30.5 Å². The van der Waals surface area contributed by atoms with Crippen molar-refractivity contribution < 1.29 is 9.50 Å². The van der Waals surface area contributed by atoms with Crippen molar-refractivity contribution in [3.8, 4) is 11.4 Å². The fourth-order valence-electron chi connectivity index (χ4n) is 4.65. The van der Waals surface area contributed by atoms with Crippen LogP contribution < -0.4 is 10.2 Å². The first-order chi connectivity index (χ1) is 16.0. The minimum atomic E-state index is -0.275. The van der Waals surface area contributed by atoms with Gasteiger partial charge in [0.05, 0.1) is 23.5 Å². The molecule has 7 heteroatoms. The molecule has 3 heterocycles. The minimum absolute atomic E-state index is 0.187. The van der Waals surface area contributed by atoms with Gasteiger partial charge in [0.2, 0.25) is 0 Å². The zero-order valence-electron chi connectivity index (χ0n) is 18.2. The summed E-state index contributed by atoms with van der Waals surface area (Å²) in [4.78, 5) is 6.63. The van der Waals surface area contributed by atoms with Gasteiger partial charge in [-0.2, -0.15) is 0 Å². The second-order valence-electron chi connectivity index (χ2n) is 8.13. The molecule has 1 fully saturated rings. The van der Waals surface area contributed by atoms with E-state index in [0.717, 1.165) is 28.3 Å². The maximum atomic E-state index is 14.7. The molecule has 0 bridgehead atoms. The summed E-state index contributed by atoms with van der Waals surface area (Å²) in [5, 5.41) is 13.8. The maximum absolute atomic E-state index is 14.7. The summed E-state index contributed by atoms with van der Waals surface area (Å²) in [5.74, 6) is -0.0880. The van der Waals surface area contributed by atoms with Gasteiger partial charge in [-0.05, 0) is 86.2 Å². The summed E-state index contributed by atoms with van der Waals surface area (Å²) in [6.45, 7) is 3.98. The van der Waals surface area contributed by atoms with Crippen LogP contribution in [0.4, 0.5) is 10.1 Å². The molecule has 33 heavy (non-hydrogen) atoms. The third-order valence-electron chi connectivity index (χ3n) is 6.11. The standard InChI is InChI=1S/C26H23FN4OS/c1-16-15-20(17(2)30(16)23-9-4-3-7-21(23)27)25-24(22-8-5-6-14-28-22)29-26(33)31(25)18-10-12-19(32)13-11-18/h3-15,24-25,32H,1-2H3,(H,29,33). The molecule has 1 aliphatic heterocycles. The van der Waals surface area contributed by atoms with Crippen molar-refractivity contribution in [1.82, 2.24) is 14.9 Å². The van der Waals surface area contributed by atoms with Crippen LogP contribution in [0.25, 0.3) is 5.69 Å². The van der Waals surface area contributed by atoms with Gasteiger partial charge in [-0.1, -0.05) is 18.2 Å². The van der Waals surface area contributed by atoms with E-state index in [0.29, 0.717) is 10.8 Å². The summed E-state index contributed by atoms with van der Waals surface area (Å²) in [7, 11) is 0. The molecule has 4 aromatic rings. The number of rotatable bonds is 4. The molecule has 0 saturated carbocycles. The number of anilines is 1. The highest BCUT2D eigenvalue weighted by molar-refractivity contribution is 7.80. The number of hydrogen-bond donors (Lipinski definition) is 2. The van der Waals surface area contributed by atoms with Crippen molar-refractivity contribution in [2.75, 3.05) is 4.90 Å².